The molecule has 1 aliphatic heterocycles. The zero-order valence-electron chi connectivity index (χ0n) is 16.6. The van der Waals surface area contributed by atoms with E-state index in [-0.39, 0.29) is 6.04 Å². The van der Waals surface area contributed by atoms with Gasteiger partial charge in [0.15, 0.2) is 12.2 Å². The average molecular weight is 392 g/mol. The molecule has 0 amide bonds. The molecule has 2 aliphatic carbocycles. The van der Waals surface area contributed by atoms with Gasteiger partial charge in [0.25, 0.3) is 0 Å². The third-order valence-electron chi connectivity index (χ3n) is 7.00. The molecule has 1 atom stereocenters. The Hall–Kier alpha value is -3.47. The Balaban J connectivity index is 1.49. The molecular weight excluding hydrogens is 372 g/mol. The Kier molecular flexibility index (Phi) is 3.03. The SMILES string of the molecule is C[C@@H]1N=C(c2ccccc2)c2cc([C@]34C[C@H]3C4)ccc2-n2cnc(-c3cnco3)c21. The Morgan fingerprint density at radius 2 is 1.93 bits per heavy atom. The highest BCUT2D eigenvalue weighted by Crippen LogP contribution is 2.75. The molecular formula is C25H20N4O. The smallest absolute Gasteiger partial charge is 0.181 e. The molecule has 3 heterocycles. The lowest BCUT2D eigenvalue weighted by Gasteiger charge is -2.15. The van der Waals surface area contributed by atoms with E-state index in [0.717, 1.165) is 34.3 Å². The second-order valence-corrected chi connectivity index (χ2v) is 8.73. The van der Waals surface area contributed by atoms with Crippen LogP contribution >= 0.6 is 0 Å². The van der Waals surface area contributed by atoms with Crippen molar-refractivity contribution in [2.45, 2.75) is 31.2 Å². The van der Waals surface area contributed by atoms with Crippen molar-refractivity contribution >= 4 is 5.71 Å². The Morgan fingerprint density at radius 3 is 2.67 bits per heavy atom. The summed E-state index contributed by atoms with van der Waals surface area (Å²) < 4.78 is 7.75. The van der Waals surface area contributed by atoms with Gasteiger partial charge in [-0.1, -0.05) is 36.4 Å². The number of fused-ring (bicyclic) bond motifs is 4. The zero-order valence-corrected chi connectivity index (χ0v) is 16.6. The second kappa shape index (κ2) is 5.57. The first kappa shape index (κ1) is 16.3. The van der Waals surface area contributed by atoms with Crippen LogP contribution in [0.3, 0.4) is 0 Å². The van der Waals surface area contributed by atoms with Gasteiger partial charge < -0.3 is 4.42 Å². The van der Waals surface area contributed by atoms with E-state index < -0.39 is 0 Å². The van der Waals surface area contributed by atoms with E-state index >= 15 is 0 Å². The van der Waals surface area contributed by atoms with E-state index in [9.17, 15) is 0 Å². The van der Waals surface area contributed by atoms with Gasteiger partial charge in [-0.05, 0) is 48.8 Å². The van der Waals surface area contributed by atoms with Crippen molar-refractivity contribution in [3.63, 3.8) is 0 Å². The molecule has 2 saturated carbocycles. The summed E-state index contributed by atoms with van der Waals surface area (Å²) in [6.07, 6.45) is 7.73. The first-order valence-corrected chi connectivity index (χ1v) is 10.5. The van der Waals surface area contributed by atoms with Crippen molar-refractivity contribution in [2.75, 3.05) is 0 Å². The van der Waals surface area contributed by atoms with Crippen LogP contribution in [0.15, 0.2) is 76.9 Å². The van der Waals surface area contributed by atoms with Gasteiger partial charge in [0.2, 0.25) is 0 Å². The third kappa shape index (κ3) is 2.15. The van der Waals surface area contributed by atoms with Crippen LogP contribution in [0, 0.1) is 5.92 Å². The Labute approximate surface area is 174 Å². The second-order valence-electron chi connectivity index (χ2n) is 8.73. The highest BCUT2D eigenvalue weighted by Gasteiger charge is 2.70. The molecule has 0 saturated heterocycles. The monoisotopic (exact) mass is 392 g/mol. The van der Waals surface area contributed by atoms with Crippen LogP contribution in [0.25, 0.3) is 17.1 Å². The molecule has 0 radical (unpaired) electrons. The fourth-order valence-corrected chi connectivity index (χ4v) is 5.04. The topological polar surface area (TPSA) is 56.2 Å². The molecule has 2 aromatic heterocycles. The maximum Gasteiger partial charge on any atom is 0.181 e. The summed E-state index contributed by atoms with van der Waals surface area (Å²) in [5.41, 5.74) is 8.23. The lowest BCUT2D eigenvalue weighted by Crippen LogP contribution is -2.09. The largest absolute Gasteiger partial charge is 0.442 e. The molecule has 30 heavy (non-hydrogen) atoms. The molecule has 5 nitrogen and oxygen atoms in total. The number of oxazole rings is 1. The van der Waals surface area contributed by atoms with Gasteiger partial charge in [0.05, 0.1) is 29.3 Å². The molecule has 0 unspecified atom stereocenters. The summed E-state index contributed by atoms with van der Waals surface area (Å²) in [6, 6.07) is 17.4. The molecule has 146 valence electrons. The van der Waals surface area contributed by atoms with Gasteiger partial charge in [-0.15, -0.1) is 0 Å². The number of benzene rings is 2. The summed E-state index contributed by atoms with van der Waals surface area (Å²) in [7, 11) is 0. The Bertz CT molecular complexity index is 1310. The molecule has 4 aromatic rings. The summed E-state index contributed by atoms with van der Waals surface area (Å²) in [4.78, 5) is 14.0. The number of hydrogen-bond acceptors (Lipinski definition) is 4. The van der Waals surface area contributed by atoms with Crippen LogP contribution in [0.1, 0.15) is 48.2 Å². The lowest BCUT2D eigenvalue weighted by molar-refractivity contribution is 0.568. The Morgan fingerprint density at radius 1 is 1.10 bits per heavy atom. The number of rotatable bonds is 3. The predicted molar refractivity (Wildman–Crippen MR) is 114 cm³/mol. The first-order valence-electron chi connectivity index (χ1n) is 10.5. The molecule has 3 aliphatic rings. The quantitative estimate of drug-likeness (QED) is 0.487. The van der Waals surface area contributed by atoms with Crippen LogP contribution in [0.5, 0.6) is 0 Å². The third-order valence-corrected chi connectivity index (χ3v) is 7.00. The summed E-state index contributed by atoms with van der Waals surface area (Å²) in [6.45, 7) is 2.12. The highest BCUT2D eigenvalue weighted by atomic mass is 16.3. The summed E-state index contributed by atoms with van der Waals surface area (Å²) in [5, 5.41) is 0. The van der Waals surface area contributed by atoms with Crippen molar-refractivity contribution in [3.05, 3.63) is 89.8 Å². The minimum atomic E-state index is -0.0774. The van der Waals surface area contributed by atoms with Crippen molar-refractivity contribution in [2.24, 2.45) is 10.9 Å². The summed E-state index contributed by atoms with van der Waals surface area (Å²) in [5.74, 6) is 1.57. The van der Waals surface area contributed by atoms with E-state index in [0.29, 0.717) is 11.2 Å². The fraction of sp³-hybridized carbons (Fsp3) is 0.240. The van der Waals surface area contributed by atoms with Crippen molar-refractivity contribution < 1.29 is 4.42 Å². The maximum absolute atomic E-state index is 5.57. The number of imidazole rings is 1. The molecule has 0 bridgehead atoms. The van der Waals surface area contributed by atoms with Gasteiger partial charge in [-0.25, -0.2) is 9.97 Å². The number of hydrogen-bond donors (Lipinski definition) is 0. The van der Waals surface area contributed by atoms with E-state index in [4.69, 9.17) is 9.41 Å². The minimum absolute atomic E-state index is 0.0774. The van der Waals surface area contributed by atoms with Crippen LogP contribution < -0.4 is 0 Å². The van der Waals surface area contributed by atoms with Crippen molar-refractivity contribution in [1.29, 1.82) is 0 Å². The van der Waals surface area contributed by atoms with E-state index in [1.165, 1.54) is 30.4 Å². The molecule has 2 aromatic carbocycles. The lowest BCUT2D eigenvalue weighted by atomic mass is 9.94. The van der Waals surface area contributed by atoms with Gasteiger partial charge in [-0.3, -0.25) is 9.56 Å². The predicted octanol–water partition coefficient (Wildman–Crippen LogP) is 5.10. The average Bonchev–Trinajstić information content (AvgIpc) is 3.48. The van der Waals surface area contributed by atoms with Crippen LogP contribution in [0.4, 0.5) is 0 Å². The summed E-state index contributed by atoms with van der Waals surface area (Å²) >= 11 is 0. The number of nitrogens with zero attached hydrogens (tertiary/aromatic N) is 4. The highest BCUT2D eigenvalue weighted by molar-refractivity contribution is 6.15. The maximum atomic E-state index is 5.57. The molecule has 7 rings (SSSR count). The van der Waals surface area contributed by atoms with Gasteiger partial charge in [0, 0.05) is 11.1 Å². The first-order chi connectivity index (χ1) is 14.7. The standard InChI is InChI=1S/C25H20N4O/c1-15-24-23(21-12-26-14-30-21)27-13-29(24)20-8-7-17(25-10-18(25)11-25)9-19(20)22(28-15)16-5-3-2-4-6-16/h2-9,12-15,18H,10-11H2,1H3/t15-,18-,25+/m0/s1. The van der Waals surface area contributed by atoms with Gasteiger partial charge in [0.1, 0.15) is 12.0 Å². The normalized spacial score (nSPS) is 25.6. The van der Waals surface area contributed by atoms with Crippen molar-refractivity contribution in [1.82, 2.24) is 14.5 Å². The minimum Gasteiger partial charge on any atom is -0.442 e. The van der Waals surface area contributed by atoms with E-state index in [1.807, 2.05) is 6.33 Å². The van der Waals surface area contributed by atoms with Crippen LogP contribution in [0.2, 0.25) is 0 Å². The molecule has 0 spiro atoms. The molecule has 5 heteroatoms. The number of aromatic nitrogens is 3. The molecule has 0 N–H and O–H groups in total. The van der Waals surface area contributed by atoms with Gasteiger partial charge >= 0.3 is 0 Å². The zero-order chi connectivity index (χ0) is 19.9. The van der Waals surface area contributed by atoms with Crippen LogP contribution in [-0.4, -0.2) is 20.2 Å². The fourth-order valence-electron chi connectivity index (χ4n) is 5.04. The van der Waals surface area contributed by atoms with E-state index in [2.05, 4.69) is 70.0 Å². The molecule has 2 fully saturated rings. The van der Waals surface area contributed by atoms with Crippen molar-refractivity contribution in [3.8, 4) is 17.1 Å². The number of aliphatic imine (C=N–C) groups is 1. The van der Waals surface area contributed by atoms with Crippen LogP contribution in [-0.2, 0) is 5.41 Å². The van der Waals surface area contributed by atoms with Gasteiger partial charge in [-0.2, -0.15) is 0 Å². The van der Waals surface area contributed by atoms with E-state index in [1.54, 1.807) is 6.20 Å².